The first-order valence-corrected chi connectivity index (χ1v) is 6.25. The molecule has 0 aromatic heterocycles. The van der Waals surface area contributed by atoms with Crippen LogP contribution in [0.1, 0.15) is 15.9 Å². The first-order valence-electron chi connectivity index (χ1n) is 5.46. The minimum atomic E-state index is -0.537. The lowest BCUT2D eigenvalue weighted by Gasteiger charge is -2.07. The Labute approximate surface area is 118 Å². The third-order valence-electron chi connectivity index (χ3n) is 2.68. The first kappa shape index (κ1) is 13.5. The van der Waals surface area contributed by atoms with Gasteiger partial charge < -0.3 is 10.5 Å². The monoisotopic (exact) mass is 323 g/mol. The normalized spacial score (nSPS) is 10.3. The summed E-state index contributed by atoms with van der Waals surface area (Å²) < 4.78 is 18.8. The van der Waals surface area contributed by atoms with E-state index in [2.05, 4.69) is 15.9 Å². The van der Waals surface area contributed by atoms with Gasteiger partial charge in [-0.2, -0.15) is 0 Å². The van der Waals surface area contributed by atoms with E-state index in [-0.39, 0.29) is 11.5 Å². The highest BCUT2D eigenvalue weighted by Gasteiger charge is 2.14. The number of carbonyl (C=O) groups excluding carboxylic acids is 1. The maximum absolute atomic E-state index is 13.1. The second-order valence-corrected chi connectivity index (χ2v) is 4.77. The Morgan fingerprint density at radius 3 is 2.58 bits per heavy atom. The molecule has 0 aliphatic rings. The fourth-order valence-corrected chi connectivity index (χ4v) is 2.19. The van der Waals surface area contributed by atoms with Crippen molar-refractivity contribution in [2.24, 2.45) is 0 Å². The smallest absolute Gasteiger partial charge is 0.194 e. The van der Waals surface area contributed by atoms with E-state index >= 15 is 0 Å². The second kappa shape index (κ2) is 5.40. The van der Waals surface area contributed by atoms with Crippen molar-refractivity contribution in [3.63, 3.8) is 0 Å². The van der Waals surface area contributed by atoms with Crippen LogP contribution in [0.3, 0.4) is 0 Å². The van der Waals surface area contributed by atoms with Crippen molar-refractivity contribution in [3.8, 4) is 5.75 Å². The zero-order valence-corrected chi connectivity index (χ0v) is 11.7. The molecule has 0 spiro atoms. The van der Waals surface area contributed by atoms with Gasteiger partial charge in [0.25, 0.3) is 0 Å². The lowest BCUT2D eigenvalue weighted by Crippen LogP contribution is -2.04. The molecule has 0 aliphatic carbocycles. The van der Waals surface area contributed by atoms with E-state index in [1.807, 2.05) is 0 Å². The summed E-state index contributed by atoms with van der Waals surface area (Å²) >= 11 is 3.31. The van der Waals surface area contributed by atoms with Crippen LogP contribution in [0, 0.1) is 5.82 Å². The molecule has 0 atom stereocenters. The topological polar surface area (TPSA) is 52.3 Å². The number of halogens is 2. The van der Waals surface area contributed by atoms with Crippen molar-refractivity contribution in [2.75, 3.05) is 12.8 Å². The summed E-state index contributed by atoms with van der Waals surface area (Å²) in [5.74, 6) is -0.131. The molecule has 2 N–H and O–H groups in total. The number of hydrogen-bond donors (Lipinski definition) is 1. The van der Waals surface area contributed by atoms with Gasteiger partial charge in [-0.05, 0) is 52.3 Å². The summed E-state index contributed by atoms with van der Waals surface area (Å²) in [6.45, 7) is 0. The Bertz CT molecular complexity index is 643. The maximum Gasteiger partial charge on any atom is 0.194 e. The van der Waals surface area contributed by atoms with E-state index in [0.29, 0.717) is 21.3 Å². The Kier molecular flexibility index (Phi) is 3.85. The number of methoxy groups -OCH3 is 1. The highest BCUT2D eigenvalue weighted by Crippen LogP contribution is 2.26. The second-order valence-electron chi connectivity index (χ2n) is 3.91. The van der Waals surface area contributed by atoms with E-state index in [1.165, 1.54) is 18.2 Å². The number of benzene rings is 2. The predicted molar refractivity (Wildman–Crippen MR) is 74.9 cm³/mol. The number of carbonyl (C=O) groups is 1. The minimum Gasteiger partial charge on any atom is -0.497 e. The van der Waals surface area contributed by atoms with Gasteiger partial charge in [-0.25, -0.2) is 4.39 Å². The van der Waals surface area contributed by atoms with Gasteiger partial charge in [-0.3, -0.25) is 4.79 Å². The molecular formula is C14H11BrFNO2. The number of nitrogen functional groups attached to an aromatic ring is 1. The highest BCUT2D eigenvalue weighted by atomic mass is 79.9. The average molecular weight is 324 g/mol. The van der Waals surface area contributed by atoms with Gasteiger partial charge in [0.2, 0.25) is 0 Å². The van der Waals surface area contributed by atoms with Crippen molar-refractivity contribution in [1.82, 2.24) is 0 Å². The van der Waals surface area contributed by atoms with Gasteiger partial charge in [0.15, 0.2) is 5.78 Å². The fourth-order valence-electron chi connectivity index (χ4n) is 1.65. The van der Waals surface area contributed by atoms with Gasteiger partial charge in [0, 0.05) is 15.6 Å². The largest absolute Gasteiger partial charge is 0.497 e. The molecule has 2 aromatic carbocycles. The minimum absolute atomic E-state index is 0.0458. The molecule has 0 radical (unpaired) electrons. The van der Waals surface area contributed by atoms with Crippen LogP contribution in [-0.2, 0) is 0 Å². The molecule has 19 heavy (non-hydrogen) atoms. The Morgan fingerprint density at radius 1 is 1.26 bits per heavy atom. The maximum atomic E-state index is 13.1. The zero-order chi connectivity index (χ0) is 14.0. The molecule has 0 bridgehead atoms. The molecule has 0 saturated carbocycles. The number of ether oxygens (including phenoxy) is 1. The van der Waals surface area contributed by atoms with Crippen LogP contribution < -0.4 is 10.5 Å². The summed E-state index contributed by atoms with van der Waals surface area (Å²) in [6, 6.07) is 8.94. The molecular weight excluding hydrogens is 313 g/mol. The SMILES string of the molecule is COc1ccc(C(=O)c2ccc(F)c(N)c2)c(Br)c1. The van der Waals surface area contributed by atoms with Crippen LogP contribution in [0.4, 0.5) is 10.1 Å². The Morgan fingerprint density at radius 2 is 2.00 bits per heavy atom. The molecule has 0 saturated heterocycles. The van der Waals surface area contributed by atoms with Crippen LogP contribution in [0.15, 0.2) is 40.9 Å². The number of ketones is 1. The van der Waals surface area contributed by atoms with Crippen LogP contribution in [0.5, 0.6) is 5.75 Å². The molecule has 0 heterocycles. The summed E-state index contributed by atoms with van der Waals surface area (Å²) in [5.41, 5.74) is 6.22. The van der Waals surface area contributed by atoms with Gasteiger partial charge in [-0.1, -0.05) is 0 Å². The average Bonchev–Trinajstić information content (AvgIpc) is 2.41. The number of nitrogens with two attached hydrogens (primary N) is 1. The van der Waals surface area contributed by atoms with E-state index in [9.17, 15) is 9.18 Å². The van der Waals surface area contributed by atoms with Gasteiger partial charge >= 0.3 is 0 Å². The lowest BCUT2D eigenvalue weighted by molar-refractivity contribution is 0.103. The highest BCUT2D eigenvalue weighted by molar-refractivity contribution is 9.10. The number of hydrogen-bond acceptors (Lipinski definition) is 3. The van der Waals surface area contributed by atoms with E-state index < -0.39 is 5.82 Å². The summed E-state index contributed by atoms with van der Waals surface area (Å²) in [4.78, 5) is 12.3. The third kappa shape index (κ3) is 2.76. The molecule has 0 unspecified atom stereocenters. The van der Waals surface area contributed by atoms with Crippen LogP contribution in [-0.4, -0.2) is 12.9 Å². The van der Waals surface area contributed by atoms with Crippen molar-refractivity contribution in [1.29, 1.82) is 0 Å². The van der Waals surface area contributed by atoms with Gasteiger partial charge in [0.1, 0.15) is 11.6 Å². The molecule has 98 valence electrons. The predicted octanol–water partition coefficient (Wildman–Crippen LogP) is 3.41. The number of rotatable bonds is 3. The molecule has 2 aromatic rings. The summed E-state index contributed by atoms with van der Waals surface area (Å²) in [6.07, 6.45) is 0. The Hall–Kier alpha value is -1.88. The molecule has 2 rings (SSSR count). The van der Waals surface area contributed by atoms with Crippen molar-refractivity contribution in [2.45, 2.75) is 0 Å². The Balaban J connectivity index is 2.41. The zero-order valence-electron chi connectivity index (χ0n) is 10.1. The van der Waals surface area contributed by atoms with Crippen LogP contribution >= 0.6 is 15.9 Å². The fraction of sp³-hybridized carbons (Fsp3) is 0.0714. The summed E-state index contributed by atoms with van der Waals surface area (Å²) in [7, 11) is 1.55. The summed E-state index contributed by atoms with van der Waals surface area (Å²) in [5, 5.41) is 0. The van der Waals surface area contributed by atoms with Crippen molar-refractivity contribution in [3.05, 3.63) is 57.8 Å². The lowest BCUT2D eigenvalue weighted by atomic mass is 10.0. The standard InChI is InChI=1S/C14H11BrFNO2/c1-19-9-3-4-10(11(15)7-9)14(18)8-2-5-12(16)13(17)6-8/h2-7H,17H2,1H3. The van der Waals surface area contributed by atoms with E-state index in [4.69, 9.17) is 10.5 Å². The molecule has 0 fully saturated rings. The quantitative estimate of drug-likeness (QED) is 0.695. The van der Waals surface area contributed by atoms with Gasteiger partial charge in [-0.15, -0.1) is 0 Å². The molecule has 3 nitrogen and oxygen atoms in total. The third-order valence-corrected chi connectivity index (χ3v) is 3.34. The number of anilines is 1. The van der Waals surface area contributed by atoms with Crippen LogP contribution in [0.25, 0.3) is 0 Å². The van der Waals surface area contributed by atoms with Crippen molar-refractivity contribution >= 4 is 27.4 Å². The van der Waals surface area contributed by atoms with E-state index in [1.54, 1.807) is 25.3 Å². The van der Waals surface area contributed by atoms with Gasteiger partial charge in [0.05, 0.1) is 12.8 Å². The molecule has 5 heteroatoms. The molecule has 0 aliphatic heterocycles. The van der Waals surface area contributed by atoms with E-state index in [0.717, 1.165) is 0 Å². The van der Waals surface area contributed by atoms with Crippen LogP contribution in [0.2, 0.25) is 0 Å². The van der Waals surface area contributed by atoms with Crippen molar-refractivity contribution < 1.29 is 13.9 Å². The molecule has 0 amide bonds. The first-order chi connectivity index (χ1) is 9.02.